The van der Waals surface area contributed by atoms with Crippen molar-refractivity contribution in [3.8, 4) is 0 Å². The van der Waals surface area contributed by atoms with E-state index in [0.29, 0.717) is 18.7 Å². The van der Waals surface area contributed by atoms with Gasteiger partial charge in [-0.3, -0.25) is 14.9 Å². The summed E-state index contributed by atoms with van der Waals surface area (Å²) < 4.78 is 0. The number of nitro groups is 1. The van der Waals surface area contributed by atoms with E-state index in [1.807, 2.05) is 0 Å². The number of hydrogen-bond acceptors (Lipinski definition) is 4. The van der Waals surface area contributed by atoms with Crippen LogP contribution in [0.3, 0.4) is 0 Å². The fourth-order valence-corrected chi connectivity index (χ4v) is 2.27. The number of likely N-dealkylation sites (tertiary alicyclic amines) is 1. The zero-order chi connectivity index (χ0) is 13.8. The van der Waals surface area contributed by atoms with Crippen molar-refractivity contribution in [3.05, 3.63) is 39.9 Å². The lowest BCUT2D eigenvalue weighted by Gasteiger charge is -2.16. The van der Waals surface area contributed by atoms with Crippen LogP contribution >= 0.6 is 0 Å². The van der Waals surface area contributed by atoms with Crippen LogP contribution in [0.1, 0.15) is 12.0 Å². The number of aliphatic hydroxyl groups excluding tert-OH is 1. The monoisotopic (exact) mass is 264 g/mol. The number of carbonyl (C=O) groups excluding carboxylic acids is 1. The molecule has 0 bridgehead atoms. The topological polar surface area (TPSA) is 83.7 Å². The Hall–Kier alpha value is -1.95. The average molecular weight is 264 g/mol. The number of rotatable bonds is 4. The fraction of sp³-hybridized carbons (Fsp3) is 0.462. The van der Waals surface area contributed by atoms with Crippen LogP contribution in [0, 0.1) is 16.0 Å². The van der Waals surface area contributed by atoms with E-state index in [1.165, 1.54) is 12.1 Å². The standard InChI is InChI=1S/C13H16N2O4/c16-9-11-4-5-14(8-11)13(17)7-10-2-1-3-12(6-10)15(18)19/h1-3,6,11,16H,4-5,7-9H2. The van der Waals surface area contributed by atoms with Crippen molar-refractivity contribution < 1.29 is 14.8 Å². The van der Waals surface area contributed by atoms with E-state index in [4.69, 9.17) is 5.11 Å². The molecule has 1 heterocycles. The van der Waals surface area contributed by atoms with E-state index < -0.39 is 4.92 Å². The SMILES string of the molecule is O=C(Cc1cccc([N+](=O)[O-])c1)N1CCC(CO)C1. The molecule has 1 atom stereocenters. The summed E-state index contributed by atoms with van der Waals surface area (Å²) in [4.78, 5) is 23.9. The molecule has 2 rings (SSSR count). The van der Waals surface area contributed by atoms with Gasteiger partial charge in [0, 0.05) is 37.7 Å². The zero-order valence-corrected chi connectivity index (χ0v) is 10.5. The molecule has 1 aliphatic rings. The molecule has 6 nitrogen and oxygen atoms in total. The number of non-ortho nitro benzene ring substituents is 1. The van der Waals surface area contributed by atoms with Crippen LogP contribution in [0.2, 0.25) is 0 Å². The van der Waals surface area contributed by atoms with Gasteiger partial charge in [0.1, 0.15) is 0 Å². The largest absolute Gasteiger partial charge is 0.396 e. The third kappa shape index (κ3) is 3.29. The van der Waals surface area contributed by atoms with Gasteiger partial charge in [-0.25, -0.2) is 0 Å². The predicted octanol–water partition coefficient (Wildman–Crippen LogP) is 0.978. The van der Waals surface area contributed by atoms with Crippen molar-refractivity contribution in [2.75, 3.05) is 19.7 Å². The minimum atomic E-state index is -0.467. The van der Waals surface area contributed by atoms with E-state index in [0.717, 1.165) is 6.42 Å². The minimum absolute atomic E-state index is 0.0000401. The highest BCUT2D eigenvalue weighted by Crippen LogP contribution is 2.18. The van der Waals surface area contributed by atoms with Gasteiger partial charge in [0.2, 0.25) is 5.91 Å². The van der Waals surface area contributed by atoms with Crippen LogP contribution in [0.4, 0.5) is 5.69 Å². The Morgan fingerprint density at radius 3 is 2.95 bits per heavy atom. The van der Waals surface area contributed by atoms with Crippen LogP contribution in [-0.2, 0) is 11.2 Å². The molecule has 1 fully saturated rings. The molecule has 0 radical (unpaired) electrons. The molecule has 0 spiro atoms. The maximum atomic E-state index is 12.0. The molecule has 0 aliphatic carbocycles. The Kier molecular flexibility index (Phi) is 4.11. The van der Waals surface area contributed by atoms with Crippen LogP contribution < -0.4 is 0 Å². The van der Waals surface area contributed by atoms with Gasteiger partial charge in [-0.1, -0.05) is 12.1 Å². The zero-order valence-electron chi connectivity index (χ0n) is 10.5. The summed E-state index contributed by atoms with van der Waals surface area (Å²) in [5, 5.41) is 19.7. The number of hydrogen-bond donors (Lipinski definition) is 1. The fourth-order valence-electron chi connectivity index (χ4n) is 2.27. The second-order valence-electron chi connectivity index (χ2n) is 4.78. The maximum absolute atomic E-state index is 12.0. The molecule has 0 aromatic heterocycles. The van der Waals surface area contributed by atoms with E-state index in [2.05, 4.69) is 0 Å². The number of carbonyl (C=O) groups is 1. The van der Waals surface area contributed by atoms with Crippen molar-refractivity contribution in [1.29, 1.82) is 0 Å². The molecule has 1 N–H and O–H groups in total. The Morgan fingerprint density at radius 1 is 1.53 bits per heavy atom. The Morgan fingerprint density at radius 2 is 2.32 bits per heavy atom. The Labute approximate surface area is 110 Å². The number of nitrogens with zero attached hydrogens (tertiary/aromatic N) is 2. The highest BCUT2D eigenvalue weighted by molar-refractivity contribution is 5.79. The lowest BCUT2D eigenvalue weighted by atomic mass is 10.1. The first-order valence-electron chi connectivity index (χ1n) is 6.22. The molecule has 1 amide bonds. The smallest absolute Gasteiger partial charge is 0.269 e. The molecule has 1 aliphatic heterocycles. The first-order valence-corrected chi connectivity index (χ1v) is 6.22. The third-order valence-electron chi connectivity index (χ3n) is 3.37. The lowest BCUT2D eigenvalue weighted by molar-refractivity contribution is -0.384. The highest BCUT2D eigenvalue weighted by atomic mass is 16.6. The molecule has 1 unspecified atom stereocenters. The van der Waals surface area contributed by atoms with Gasteiger partial charge < -0.3 is 10.0 Å². The van der Waals surface area contributed by atoms with E-state index in [9.17, 15) is 14.9 Å². The Balaban J connectivity index is 1.99. The van der Waals surface area contributed by atoms with Crippen molar-refractivity contribution in [2.45, 2.75) is 12.8 Å². The normalized spacial score (nSPS) is 18.6. The van der Waals surface area contributed by atoms with Crippen molar-refractivity contribution in [3.63, 3.8) is 0 Å². The second-order valence-corrected chi connectivity index (χ2v) is 4.78. The van der Waals surface area contributed by atoms with Crippen LogP contribution in [0.5, 0.6) is 0 Å². The summed E-state index contributed by atoms with van der Waals surface area (Å²) in [6.45, 7) is 1.32. The van der Waals surface area contributed by atoms with Crippen molar-refractivity contribution >= 4 is 11.6 Å². The molecule has 1 aromatic rings. The van der Waals surface area contributed by atoms with Gasteiger partial charge in [0.05, 0.1) is 11.3 Å². The van der Waals surface area contributed by atoms with Gasteiger partial charge >= 0.3 is 0 Å². The molecule has 0 saturated carbocycles. The summed E-state index contributed by atoms with van der Waals surface area (Å²) >= 11 is 0. The second kappa shape index (κ2) is 5.79. The number of aliphatic hydroxyl groups is 1. The van der Waals surface area contributed by atoms with E-state index in [-0.39, 0.29) is 30.5 Å². The number of nitro benzene ring substituents is 1. The molecule has 1 aromatic carbocycles. The summed E-state index contributed by atoms with van der Waals surface area (Å²) in [5.41, 5.74) is 0.645. The Bertz CT molecular complexity index is 489. The van der Waals surface area contributed by atoms with Crippen LogP contribution in [0.25, 0.3) is 0 Å². The van der Waals surface area contributed by atoms with Gasteiger partial charge in [-0.2, -0.15) is 0 Å². The van der Waals surface area contributed by atoms with Crippen molar-refractivity contribution in [1.82, 2.24) is 4.90 Å². The summed E-state index contributed by atoms with van der Waals surface area (Å²) in [6.07, 6.45) is 0.983. The first kappa shape index (κ1) is 13.5. The molecular weight excluding hydrogens is 248 g/mol. The van der Waals surface area contributed by atoms with E-state index >= 15 is 0 Å². The summed E-state index contributed by atoms with van der Waals surface area (Å²) in [5.74, 6) is 0.116. The average Bonchev–Trinajstić information content (AvgIpc) is 2.88. The van der Waals surface area contributed by atoms with Crippen molar-refractivity contribution in [2.24, 2.45) is 5.92 Å². The molecule has 102 valence electrons. The summed E-state index contributed by atoms with van der Waals surface area (Å²) in [6, 6.07) is 6.13. The van der Waals surface area contributed by atoms with Gasteiger partial charge in [-0.15, -0.1) is 0 Å². The highest BCUT2D eigenvalue weighted by Gasteiger charge is 2.25. The predicted molar refractivity (Wildman–Crippen MR) is 68.6 cm³/mol. The van der Waals surface area contributed by atoms with Gasteiger partial charge in [0.15, 0.2) is 0 Å². The molecule has 19 heavy (non-hydrogen) atoms. The van der Waals surface area contributed by atoms with E-state index in [1.54, 1.807) is 17.0 Å². The third-order valence-corrected chi connectivity index (χ3v) is 3.37. The quantitative estimate of drug-likeness (QED) is 0.649. The first-order chi connectivity index (χ1) is 9.10. The lowest BCUT2D eigenvalue weighted by Crippen LogP contribution is -2.30. The van der Waals surface area contributed by atoms with Gasteiger partial charge in [0.25, 0.3) is 5.69 Å². The number of amides is 1. The van der Waals surface area contributed by atoms with Crippen LogP contribution in [-0.4, -0.2) is 40.5 Å². The number of benzene rings is 1. The maximum Gasteiger partial charge on any atom is 0.269 e. The molecule has 6 heteroatoms. The molecule has 1 saturated heterocycles. The molecular formula is C13H16N2O4. The van der Waals surface area contributed by atoms with Gasteiger partial charge in [-0.05, 0) is 12.0 Å². The minimum Gasteiger partial charge on any atom is -0.396 e. The van der Waals surface area contributed by atoms with Crippen LogP contribution in [0.15, 0.2) is 24.3 Å². The summed E-state index contributed by atoms with van der Waals surface area (Å²) in [7, 11) is 0.